The number of carboxylic acid groups (broad SMARTS) is 1. The number of halogens is 2. The Morgan fingerprint density at radius 1 is 0.964 bits per heavy atom. The molecule has 1 aliphatic heterocycles. The number of anilines is 1. The van der Waals surface area contributed by atoms with E-state index in [0.717, 1.165) is 66.3 Å². The molecule has 56 heavy (non-hydrogen) atoms. The van der Waals surface area contributed by atoms with E-state index in [4.69, 9.17) is 33.0 Å². The molecular weight excluding hydrogens is 747 g/mol. The summed E-state index contributed by atoms with van der Waals surface area (Å²) in [6.45, 7) is 11.1. The lowest BCUT2D eigenvalue weighted by Gasteiger charge is -2.35. The molecule has 3 aromatic carbocycles. The van der Waals surface area contributed by atoms with Gasteiger partial charge in [-0.1, -0.05) is 47.5 Å². The Labute approximate surface area is 334 Å². The predicted octanol–water partition coefficient (Wildman–Crippen LogP) is 9.91. The van der Waals surface area contributed by atoms with Gasteiger partial charge in [0.1, 0.15) is 17.1 Å². The van der Waals surface area contributed by atoms with Crippen LogP contribution in [0.25, 0.3) is 32.9 Å². The van der Waals surface area contributed by atoms with Crippen molar-refractivity contribution >= 4 is 62.6 Å². The van der Waals surface area contributed by atoms with Crippen LogP contribution in [0.2, 0.25) is 10.0 Å². The fourth-order valence-electron chi connectivity index (χ4n) is 8.45. The van der Waals surface area contributed by atoms with Gasteiger partial charge in [-0.15, -0.1) is 0 Å². The first kappa shape index (κ1) is 37.3. The highest BCUT2D eigenvalue weighted by atomic mass is 35.5. The van der Waals surface area contributed by atoms with Gasteiger partial charge in [-0.2, -0.15) is 5.10 Å². The van der Waals surface area contributed by atoms with Crippen LogP contribution in [0.3, 0.4) is 0 Å². The molecular formula is C44H42Cl2N6O4. The van der Waals surface area contributed by atoms with Crippen LogP contribution in [0, 0.1) is 27.7 Å². The molecule has 0 saturated carbocycles. The second-order valence-corrected chi connectivity index (χ2v) is 15.5. The highest BCUT2D eigenvalue weighted by molar-refractivity contribution is 6.35. The van der Waals surface area contributed by atoms with E-state index in [-0.39, 0.29) is 24.2 Å². The lowest BCUT2D eigenvalue weighted by Crippen LogP contribution is -2.43. The molecule has 0 spiro atoms. The topological polar surface area (TPSA) is 107 Å². The summed E-state index contributed by atoms with van der Waals surface area (Å²) in [7, 11) is 1.92. The highest BCUT2D eigenvalue weighted by Gasteiger charge is 2.38. The average molecular weight is 790 g/mol. The molecule has 0 aliphatic carbocycles. The second kappa shape index (κ2) is 14.5. The van der Waals surface area contributed by atoms with E-state index < -0.39 is 5.97 Å². The molecule has 1 aliphatic rings. The van der Waals surface area contributed by atoms with Crippen LogP contribution in [0.4, 0.5) is 5.69 Å². The lowest BCUT2D eigenvalue weighted by atomic mass is 9.98. The number of hydrogen-bond acceptors (Lipinski definition) is 5. The molecule has 7 aromatic rings. The Kier molecular flexibility index (Phi) is 9.66. The first-order valence-corrected chi connectivity index (χ1v) is 19.4. The molecule has 0 saturated heterocycles. The van der Waals surface area contributed by atoms with Crippen molar-refractivity contribution < 1.29 is 19.4 Å². The largest absolute Gasteiger partial charge is 0.494 e. The van der Waals surface area contributed by atoms with Crippen LogP contribution in [-0.2, 0) is 20.0 Å². The number of carbonyl (C=O) groups excluding carboxylic acids is 1. The fourth-order valence-corrected chi connectivity index (χ4v) is 8.81. The van der Waals surface area contributed by atoms with Gasteiger partial charge >= 0.3 is 5.97 Å². The summed E-state index contributed by atoms with van der Waals surface area (Å²) in [4.78, 5) is 34.2. The third kappa shape index (κ3) is 6.21. The predicted molar refractivity (Wildman–Crippen MR) is 222 cm³/mol. The minimum Gasteiger partial charge on any atom is -0.494 e. The molecule has 1 atom stereocenters. The molecule has 0 bridgehead atoms. The SMILES string of the molecule is Cc1cc(OCCCc2c3n(c4c(-c5c(C)nn(C)c5C)c(Cl)ccc24)[C@H](C)CN(c2cccc4cc(C(=O)O)n(Cc5ccccn5)c24)C3=O)cc(C)c1Cl. The maximum Gasteiger partial charge on any atom is 0.352 e. The third-order valence-corrected chi connectivity index (χ3v) is 11.9. The Morgan fingerprint density at radius 3 is 2.41 bits per heavy atom. The van der Waals surface area contributed by atoms with E-state index >= 15 is 4.79 Å². The van der Waals surface area contributed by atoms with E-state index in [2.05, 4.69) is 16.5 Å². The molecule has 0 radical (unpaired) electrons. The maximum atomic E-state index is 15.3. The lowest BCUT2D eigenvalue weighted by molar-refractivity contribution is 0.0686. The standard InChI is InChI=1S/C44H42Cl2N6O4/c1-24-19-31(20-25(2)39(24)46)56-18-10-13-32-33-15-16-34(45)38(37-27(4)48-49(6)28(37)5)41(33)52-26(3)22-51(43(53)42(32)52)35-14-9-11-29-21-36(44(54)55)50(40(29)35)23-30-12-7-8-17-47-30/h7-9,11-12,14-17,19-21,26H,10,13,18,22-23H2,1-6H3,(H,54,55)/t26-/m1/s1. The highest BCUT2D eigenvalue weighted by Crippen LogP contribution is 2.46. The zero-order valence-electron chi connectivity index (χ0n) is 32.2. The van der Waals surface area contributed by atoms with Crippen molar-refractivity contribution in [3.05, 3.63) is 128 Å². The van der Waals surface area contributed by atoms with Gasteiger partial charge in [0.15, 0.2) is 0 Å². The van der Waals surface area contributed by atoms with E-state index in [9.17, 15) is 9.90 Å². The molecule has 10 nitrogen and oxygen atoms in total. The Balaban J connectivity index is 1.28. The number of carboxylic acids is 1. The van der Waals surface area contributed by atoms with Crippen LogP contribution in [0.5, 0.6) is 5.75 Å². The Bertz CT molecular complexity index is 2690. The molecule has 8 rings (SSSR count). The molecule has 5 heterocycles. The second-order valence-electron chi connectivity index (χ2n) is 14.7. The third-order valence-electron chi connectivity index (χ3n) is 11.0. The van der Waals surface area contributed by atoms with Gasteiger partial charge in [0, 0.05) is 58.4 Å². The van der Waals surface area contributed by atoms with Crippen LogP contribution < -0.4 is 9.64 Å². The van der Waals surface area contributed by atoms with Crippen molar-refractivity contribution in [3.8, 4) is 16.9 Å². The van der Waals surface area contributed by atoms with Crippen molar-refractivity contribution in [3.63, 3.8) is 0 Å². The summed E-state index contributed by atoms with van der Waals surface area (Å²) in [5.41, 5.74) is 10.1. The van der Waals surface area contributed by atoms with Crippen molar-refractivity contribution in [2.75, 3.05) is 18.1 Å². The summed E-state index contributed by atoms with van der Waals surface area (Å²) < 4.78 is 12.0. The molecule has 1 amide bonds. The quantitative estimate of drug-likeness (QED) is 0.138. The van der Waals surface area contributed by atoms with E-state index in [1.165, 1.54) is 0 Å². The molecule has 1 N–H and O–H groups in total. The van der Waals surface area contributed by atoms with Gasteiger partial charge in [-0.05, 0) is 107 Å². The minimum absolute atomic E-state index is 0.123. The van der Waals surface area contributed by atoms with Gasteiger partial charge < -0.3 is 23.9 Å². The smallest absolute Gasteiger partial charge is 0.352 e. The molecule has 4 aromatic heterocycles. The van der Waals surface area contributed by atoms with Crippen LogP contribution in [0.15, 0.2) is 72.9 Å². The molecule has 286 valence electrons. The van der Waals surface area contributed by atoms with Crippen molar-refractivity contribution in [2.24, 2.45) is 7.05 Å². The average Bonchev–Trinajstić information content (AvgIpc) is 3.79. The van der Waals surface area contributed by atoms with E-state index in [1.54, 1.807) is 16.8 Å². The Hall–Kier alpha value is -5.58. The number of pyridine rings is 1. The zero-order valence-corrected chi connectivity index (χ0v) is 33.7. The van der Waals surface area contributed by atoms with Crippen LogP contribution in [0.1, 0.15) is 74.1 Å². The van der Waals surface area contributed by atoms with Crippen molar-refractivity contribution in [1.29, 1.82) is 0 Å². The number of ether oxygens (including phenoxy) is 1. The van der Waals surface area contributed by atoms with Gasteiger partial charge in [-0.3, -0.25) is 14.5 Å². The summed E-state index contributed by atoms with van der Waals surface area (Å²) in [5, 5.41) is 18.0. The van der Waals surface area contributed by atoms with Crippen molar-refractivity contribution in [2.45, 2.75) is 60.0 Å². The van der Waals surface area contributed by atoms with Gasteiger partial charge in [0.25, 0.3) is 5.91 Å². The summed E-state index contributed by atoms with van der Waals surface area (Å²) in [6, 6.07) is 20.6. The van der Waals surface area contributed by atoms with Crippen LogP contribution in [-0.4, -0.2) is 54.0 Å². The summed E-state index contributed by atoms with van der Waals surface area (Å²) >= 11 is 13.6. The number of benzene rings is 3. The van der Waals surface area contributed by atoms with E-state index in [0.29, 0.717) is 53.6 Å². The maximum absolute atomic E-state index is 15.3. The Morgan fingerprint density at radius 2 is 1.73 bits per heavy atom. The van der Waals surface area contributed by atoms with Gasteiger partial charge in [-0.25, -0.2) is 4.79 Å². The summed E-state index contributed by atoms with van der Waals surface area (Å²) in [5.74, 6) is -0.473. The number of aromatic nitrogens is 5. The number of para-hydroxylation sites is 1. The number of amides is 1. The number of aryl methyl sites for hydroxylation is 5. The number of fused-ring (bicyclic) bond motifs is 4. The number of carbonyl (C=O) groups is 2. The van der Waals surface area contributed by atoms with Crippen molar-refractivity contribution in [1.82, 2.24) is 23.9 Å². The molecule has 0 fully saturated rings. The summed E-state index contributed by atoms with van der Waals surface area (Å²) in [6.07, 6.45) is 2.89. The number of aromatic carboxylic acids is 1. The monoisotopic (exact) mass is 788 g/mol. The first-order valence-electron chi connectivity index (χ1n) is 18.7. The van der Waals surface area contributed by atoms with Gasteiger partial charge in [0.05, 0.1) is 46.3 Å². The minimum atomic E-state index is -1.06. The number of rotatable bonds is 10. The number of nitrogens with zero attached hydrogens (tertiary/aromatic N) is 6. The van der Waals surface area contributed by atoms with Crippen LogP contribution >= 0.6 is 23.2 Å². The fraction of sp³-hybridized carbons (Fsp3) is 0.273. The zero-order chi connectivity index (χ0) is 39.6. The first-order chi connectivity index (χ1) is 26.8. The number of hydrogen-bond donors (Lipinski definition) is 1. The molecule has 0 unspecified atom stereocenters. The normalized spacial score (nSPS) is 14.2. The van der Waals surface area contributed by atoms with Gasteiger partial charge in [0.2, 0.25) is 0 Å². The molecule has 12 heteroatoms. The van der Waals surface area contributed by atoms with E-state index in [1.807, 2.05) is 105 Å².